The maximum atomic E-state index is 12.9. The van der Waals surface area contributed by atoms with Crippen molar-refractivity contribution in [3.8, 4) is 6.07 Å². The van der Waals surface area contributed by atoms with Crippen LogP contribution in [0.3, 0.4) is 0 Å². The van der Waals surface area contributed by atoms with Gasteiger partial charge in [0.25, 0.3) is 5.91 Å². The third kappa shape index (κ3) is 3.42. The number of amides is 1. The van der Waals surface area contributed by atoms with E-state index >= 15 is 0 Å². The number of nitrogens with zero attached hydrogens (tertiary/aromatic N) is 5. The molecule has 1 aromatic carbocycles. The summed E-state index contributed by atoms with van der Waals surface area (Å²) in [6.45, 7) is 6.49. The van der Waals surface area contributed by atoms with Crippen molar-refractivity contribution in [3.63, 3.8) is 0 Å². The minimum atomic E-state index is 0.00280. The van der Waals surface area contributed by atoms with Crippen LogP contribution >= 0.6 is 0 Å². The normalized spacial score (nSPS) is 14.2. The minimum Gasteiger partial charge on any atom is -0.351 e. The van der Waals surface area contributed by atoms with Crippen LogP contribution in [-0.4, -0.2) is 52.2 Å². The van der Waals surface area contributed by atoms with E-state index in [1.165, 1.54) is 0 Å². The molecule has 3 aromatic rings. The largest absolute Gasteiger partial charge is 0.351 e. The molecule has 1 aliphatic heterocycles. The number of para-hydroxylation sites is 1. The van der Waals surface area contributed by atoms with Crippen molar-refractivity contribution >= 4 is 22.6 Å². The predicted octanol–water partition coefficient (Wildman–Crippen LogP) is 2.92. The van der Waals surface area contributed by atoms with Crippen molar-refractivity contribution < 1.29 is 4.79 Å². The Kier molecular flexibility index (Phi) is 5.17. The Morgan fingerprint density at radius 1 is 1.14 bits per heavy atom. The standard InChI is InChI=1S/C22H24N6O/c1-3-16-17(14-23)21(26-25-18(16)4-2)27-9-11-28(12-10-27)22(29)20-13-15-7-5-6-8-19(15)24-20/h5-8,13,24H,3-4,9-12H2,1-2H3. The zero-order valence-electron chi connectivity index (χ0n) is 16.8. The molecule has 0 bridgehead atoms. The molecule has 7 nitrogen and oxygen atoms in total. The van der Waals surface area contributed by atoms with Crippen LogP contribution in [0.15, 0.2) is 30.3 Å². The van der Waals surface area contributed by atoms with Gasteiger partial charge in [-0.2, -0.15) is 10.4 Å². The lowest BCUT2D eigenvalue weighted by molar-refractivity contribution is 0.0741. The van der Waals surface area contributed by atoms with E-state index in [9.17, 15) is 10.1 Å². The number of fused-ring (bicyclic) bond motifs is 1. The topological polar surface area (TPSA) is 88.9 Å². The number of piperazine rings is 1. The lowest BCUT2D eigenvalue weighted by atomic mass is 10.0. The molecule has 1 N–H and O–H groups in total. The molecule has 1 aliphatic rings. The van der Waals surface area contributed by atoms with Crippen LogP contribution in [-0.2, 0) is 12.8 Å². The van der Waals surface area contributed by atoms with Crippen LogP contribution in [0, 0.1) is 11.3 Å². The first-order valence-corrected chi connectivity index (χ1v) is 10.1. The second kappa shape index (κ2) is 7.92. The van der Waals surface area contributed by atoms with Crippen molar-refractivity contribution in [1.82, 2.24) is 20.1 Å². The summed E-state index contributed by atoms with van der Waals surface area (Å²) in [4.78, 5) is 20.0. The molecule has 1 amide bonds. The number of aromatic amines is 1. The van der Waals surface area contributed by atoms with Crippen LogP contribution in [0.1, 0.15) is 41.2 Å². The zero-order chi connectivity index (χ0) is 20.4. The first kappa shape index (κ1) is 18.9. The summed E-state index contributed by atoms with van der Waals surface area (Å²) in [6.07, 6.45) is 1.52. The number of carbonyl (C=O) groups is 1. The van der Waals surface area contributed by atoms with Gasteiger partial charge in [0.15, 0.2) is 5.82 Å². The molecule has 4 rings (SSSR count). The fourth-order valence-corrected chi connectivity index (χ4v) is 3.98. The first-order valence-electron chi connectivity index (χ1n) is 10.1. The molecule has 0 unspecified atom stereocenters. The van der Waals surface area contributed by atoms with Gasteiger partial charge in [0, 0.05) is 37.1 Å². The van der Waals surface area contributed by atoms with Crippen molar-refractivity contribution in [1.29, 1.82) is 5.26 Å². The van der Waals surface area contributed by atoms with E-state index in [0.717, 1.165) is 35.0 Å². The summed E-state index contributed by atoms with van der Waals surface area (Å²) in [5, 5.41) is 19.5. The molecular weight excluding hydrogens is 364 g/mol. The highest BCUT2D eigenvalue weighted by molar-refractivity contribution is 5.98. The SMILES string of the molecule is CCc1nnc(N2CCN(C(=O)c3cc4ccccc4[nH]3)CC2)c(C#N)c1CC. The van der Waals surface area contributed by atoms with E-state index in [4.69, 9.17) is 0 Å². The van der Waals surface area contributed by atoms with Crippen LogP contribution in [0.25, 0.3) is 10.9 Å². The molecule has 3 heterocycles. The van der Waals surface area contributed by atoms with Gasteiger partial charge in [0.1, 0.15) is 17.3 Å². The number of rotatable bonds is 4. The summed E-state index contributed by atoms with van der Waals surface area (Å²) < 4.78 is 0. The molecule has 29 heavy (non-hydrogen) atoms. The number of anilines is 1. The third-order valence-corrected chi connectivity index (χ3v) is 5.57. The van der Waals surface area contributed by atoms with Gasteiger partial charge in [-0.05, 0) is 30.5 Å². The number of hydrogen-bond acceptors (Lipinski definition) is 5. The summed E-state index contributed by atoms with van der Waals surface area (Å²) >= 11 is 0. The number of H-pyrrole nitrogens is 1. The van der Waals surface area contributed by atoms with Crippen LogP contribution in [0.2, 0.25) is 0 Å². The Morgan fingerprint density at radius 2 is 1.90 bits per heavy atom. The third-order valence-electron chi connectivity index (χ3n) is 5.57. The molecule has 0 radical (unpaired) electrons. The Labute approximate surface area is 170 Å². The van der Waals surface area contributed by atoms with Gasteiger partial charge >= 0.3 is 0 Å². The lowest BCUT2D eigenvalue weighted by Gasteiger charge is -2.35. The maximum Gasteiger partial charge on any atom is 0.270 e. The van der Waals surface area contributed by atoms with Gasteiger partial charge in [-0.3, -0.25) is 4.79 Å². The number of aryl methyl sites for hydroxylation is 1. The molecule has 148 valence electrons. The molecular formula is C22H24N6O. The summed E-state index contributed by atoms with van der Waals surface area (Å²) in [5.41, 5.74) is 4.07. The summed E-state index contributed by atoms with van der Waals surface area (Å²) in [7, 11) is 0. The number of nitrogens with one attached hydrogen (secondary N) is 1. The van der Waals surface area contributed by atoms with Crippen LogP contribution in [0.4, 0.5) is 5.82 Å². The molecule has 0 saturated carbocycles. The Morgan fingerprint density at radius 3 is 2.55 bits per heavy atom. The smallest absolute Gasteiger partial charge is 0.270 e. The highest BCUT2D eigenvalue weighted by Crippen LogP contribution is 2.25. The highest BCUT2D eigenvalue weighted by atomic mass is 16.2. The van der Waals surface area contributed by atoms with Crippen molar-refractivity contribution in [2.75, 3.05) is 31.1 Å². The Hall–Kier alpha value is -3.40. The van der Waals surface area contributed by atoms with E-state index in [-0.39, 0.29) is 5.91 Å². The van der Waals surface area contributed by atoms with E-state index in [1.807, 2.05) is 49.1 Å². The maximum absolute atomic E-state index is 12.9. The molecule has 0 aliphatic carbocycles. The molecule has 1 fully saturated rings. The summed E-state index contributed by atoms with van der Waals surface area (Å²) in [6, 6.07) is 12.1. The highest BCUT2D eigenvalue weighted by Gasteiger charge is 2.26. The van der Waals surface area contributed by atoms with Gasteiger partial charge in [-0.25, -0.2) is 0 Å². The van der Waals surface area contributed by atoms with Crippen LogP contribution < -0.4 is 4.90 Å². The van der Waals surface area contributed by atoms with Gasteiger partial charge in [-0.15, -0.1) is 5.10 Å². The fraction of sp³-hybridized carbons (Fsp3) is 0.364. The van der Waals surface area contributed by atoms with Crippen molar-refractivity contribution in [3.05, 3.63) is 52.8 Å². The van der Waals surface area contributed by atoms with Crippen LogP contribution in [0.5, 0.6) is 0 Å². The molecule has 0 spiro atoms. The average Bonchev–Trinajstić information content (AvgIpc) is 3.21. The van der Waals surface area contributed by atoms with E-state index < -0.39 is 0 Å². The number of benzene rings is 1. The van der Waals surface area contributed by atoms with Gasteiger partial charge < -0.3 is 14.8 Å². The number of aromatic nitrogens is 3. The lowest BCUT2D eigenvalue weighted by Crippen LogP contribution is -2.49. The quantitative estimate of drug-likeness (QED) is 0.742. The molecule has 1 saturated heterocycles. The minimum absolute atomic E-state index is 0.00280. The number of carbonyl (C=O) groups excluding carboxylic acids is 1. The number of nitriles is 1. The average molecular weight is 388 g/mol. The van der Waals surface area contributed by atoms with Gasteiger partial charge in [0.05, 0.1) is 5.69 Å². The summed E-state index contributed by atoms with van der Waals surface area (Å²) in [5.74, 6) is 0.641. The second-order valence-corrected chi connectivity index (χ2v) is 7.19. The molecule has 2 aromatic heterocycles. The number of hydrogen-bond donors (Lipinski definition) is 1. The van der Waals surface area contributed by atoms with Crippen molar-refractivity contribution in [2.24, 2.45) is 0 Å². The van der Waals surface area contributed by atoms with Crippen molar-refractivity contribution in [2.45, 2.75) is 26.7 Å². The van der Waals surface area contributed by atoms with E-state index in [2.05, 4.69) is 26.2 Å². The zero-order valence-corrected chi connectivity index (χ0v) is 16.8. The first-order chi connectivity index (χ1) is 14.2. The predicted molar refractivity (Wildman–Crippen MR) is 112 cm³/mol. The van der Waals surface area contributed by atoms with E-state index in [1.54, 1.807) is 0 Å². The molecule has 0 atom stereocenters. The monoisotopic (exact) mass is 388 g/mol. The fourth-order valence-electron chi connectivity index (χ4n) is 3.98. The Bertz CT molecular complexity index is 1060. The van der Waals surface area contributed by atoms with E-state index in [0.29, 0.717) is 43.3 Å². The second-order valence-electron chi connectivity index (χ2n) is 7.19. The van der Waals surface area contributed by atoms with Gasteiger partial charge in [0.2, 0.25) is 0 Å². The Balaban J connectivity index is 1.51. The van der Waals surface area contributed by atoms with Gasteiger partial charge in [-0.1, -0.05) is 32.0 Å². The molecule has 7 heteroatoms.